The standard InChI is InChI=1S/C13H14BrClFNO/c1-8-7-17(6-5-10(8)14)13(18)9-3-2-4-11(16)12(9)15/h2-4,8,10H,5-7H2,1H3. The maximum Gasteiger partial charge on any atom is 0.255 e. The van der Waals surface area contributed by atoms with E-state index in [1.807, 2.05) is 0 Å². The largest absolute Gasteiger partial charge is 0.338 e. The smallest absolute Gasteiger partial charge is 0.255 e. The Morgan fingerprint density at radius 2 is 2.28 bits per heavy atom. The first-order valence-corrected chi connectivity index (χ1v) is 7.17. The van der Waals surface area contributed by atoms with Crippen LogP contribution in [0.3, 0.4) is 0 Å². The molecule has 2 atom stereocenters. The highest BCUT2D eigenvalue weighted by atomic mass is 79.9. The third kappa shape index (κ3) is 2.69. The van der Waals surface area contributed by atoms with Crippen LogP contribution >= 0.6 is 27.5 Å². The number of alkyl halides is 1. The molecule has 1 amide bonds. The summed E-state index contributed by atoms with van der Waals surface area (Å²) in [7, 11) is 0. The first-order valence-electron chi connectivity index (χ1n) is 5.88. The maximum absolute atomic E-state index is 13.3. The van der Waals surface area contributed by atoms with Gasteiger partial charge in [-0.15, -0.1) is 0 Å². The Morgan fingerprint density at radius 3 is 2.94 bits per heavy atom. The SMILES string of the molecule is CC1CN(C(=O)c2cccc(F)c2Cl)CCC1Br. The Balaban J connectivity index is 2.19. The van der Waals surface area contributed by atoms with E-state index in [4.69, 9.17) is 11.6 Å². The molecular formula is C13H14BrClFNO. The second-order valence-electron chi connectivity index (χ2n) is 4.63. The van der Waals surface area contributed by atoms with E-state index < -0.39 is 5.82 Å². The average molecular weight is 335 g/mol. The average Bonchev–Trinajstić information content (AvgIpc) is 2.35. The first kappa shape index (κ1) is 13.8. The van der Waals surface area contributed by atoms with Crippen LogP contribution in [0.4, 0.5) is 4.39 Å². The molecule has 18 heavy (non-hydrogen) atoms. The van der Waals surface area contributed by atoms with Crippen molar-refractivity contribution < 1.29 is 9.18 Å². The molecule has 2 unspecified atom stereocenters. The summed E-state index contributed by atoms with van der Waals surface area (Å²) in [6.45, 7) is 3.43. The zero-order valence-corrected chi connectivity index (χ0v) is 12.3. The number of nitrogens with zero attached hydrogens (tertiary/aromatic N) is 1. The van der Waals surface area contributed by atoms with Gasteiger partial charge in [0.05, 0.1) is 10.6 Å². The Kier molecular flexibility index (Phi) is 4.28. The molecule has 0 radical (unpaired) electrons. The predicted octanol–water partition coefficient (Wildman–Crippen LogP) is 3.72. The molecular weight excluding hydrogens is 321 g/mol. The van der Waals surface area contributed by atoms with Crippen LogP contribution in [-0.4, -0.2) is 28.7 Å². The fraction of sp³-hybridized carbons (Fsp3) is 0.462. The number of carbonyl (C=O) groups is 1. The van der Waals surface area contributed by atoms with Crippen LogP contribution in [0.5, 0.6) is 0 Å². The van der Waals surface area contributed by atoms with Crippen LogP contribution in [-0.2, 0) is 0 Å². The summed E-state index contributed by atoms with van der Waals surface area (Å²) in [5.74, 6) is -0.355. The van der Waals surface area contributed by atoms with Gasteiger partial charge in [0.15, 0.2) is 0 Å². The minimum Gasteiger partial charge on any atom is -0.338 e. The van der Waals surface area contributed by atoms with Crippen molar-refractivity contribution in [2.24, 2.45) is 5.92 Å². The fourth-order valence-electron chi connectivity index (χ4n) is 2.14. The molecule has 0 spiro atoms. The van der Waals surface area contributed by atoms with Gasteiger partial charge in [0.2, 0.25) is 0 Å². The number of likely N-dealkylation sites (tertiary alicyclic amines) is 1. The van der Waals surface area contributed by atoms with Gasteiger partial charge in [-0.3, -0.25) is 4.79 Å². The molecule has 1 aliphatic heterocycles. The van der Waals surface area contributed by atoms with Crippen molar-refractivity contribution in [2.75, 3.05) is 13.1 Å². The van der Waals surface area contributed by atoms with Gasteiger partial charge >= 0.3 is 0 Å². The lowest BCUT2D eigenvalue weighted by atomic mass is 9.99. The van der Waals surface area contributed by atoms with Gasteiger partial charge in [0, 0.05) is 17.9 Å². The Morgan fingerprint density at radius 1 is 1.56 bits per heavy atom. The van der Waals surface area contributed by atoms with Crippen molar-refractivity contribution in [3.05, 3.63) is 34.6 Å². The van der Waals surface area contributed by atoms with E-state index in [1.165, 1.54) is 12.1 Å². The van der Waals surface area contributed by atoms with Gasteiger partial charge in [-0.05, 0) is 24.5 Å². The third-order valence-electron chi connectivity index (χ3n) is 3.27. The number of hydrogen-bond acceptors (Lipinski definition) is 1. The van der Waals surface area contributed by atoms with Gasteiger partial charge in [0.25, 0.3) is 5.91 Å². The summed E-state index contributed by atoms with van der Waals surface area (Å²) in [5, 5.41) is -0.0869. The second-order valence-corrected chi connectivity index (χ2v) is 6.19. The van der Waals surface area contributed by atoms with Gasteiger partial charge < -0.3 is 4.90 Å². The van der Waals surface area contributed by atoms with Gasteiger partial charge in [-0.1, -0.05) is 40.5 Å². The number of rotatable bonds is 1. The number of benzene rings is 1. The van der Waals surface area contributed by atoms with Crippen molar-refractivity contribution in [3.8, 4) is 0 Å². The maximum atomic E-state index is 13.3. The topological polar surface area (TPSA) is 20.3 Å². The number of halogens is 3. The fourth-order valence-corrected chi connectivity index (χ4v) is 2.72. The first-order chi connectivity index (χ1) is 8.50. The van der Waals surface area contributed by atoms with Crippen LogP contribution in [0, 0.1) is 11.7 Å². The summed E-state index contributed by atoms with van der Waals surface area (Å²) >= 11 is 9.43. The van der Waals surface area contributed by atoms with Crippen LogP contribution < -0.4 is 0 Å². The summed E-state index contributed by atoms with van der Waals surface area (Å²) in [4.78, 5) is 14.5. The summed E-state index contributed by atoms with van der Waals surface area (Å²) in [5.41, 5.74) is 0.247. The summed E-state index contributed by atoms with van der Waals surface area (Å²) in [6.07, 6.45) is 0.903. The minimum absolute atomic E-state index is 0.0869. The quantitative estimate of drug-likeness (QED) is 0.717. The third-order valence-corrected chi connectivity index (χ3v) is 5.01. The lowest BCUT2D eigenvalue weighted by molar-refractivity contribution is 0.0690. The highest BCUT2D eigenvalue weighted by Crippen LogP contribution is 2.27. The molecule has 1 aliphatic rings. The number of amides is 1. The van der Waals surface area contributed by atoms with Crippen LogP contribution in [0.2, 0.25) is 5.02 Å². The number of hydrogen-bond donors (Lipinski definition) is 0. The van der Waals surface area contributed by atoms with E-state index in [2.05, 4.69) is 22.9 Å². The highest BCUT2D eigenvalue weighted by molar-refractivity contribution is 9.09. The van der Waals surface area contributed by atoms with Gasteiger partial charge in [-0.25, -0.2) is 4.39 Å². The normalized spacial score (nSPS) is 24.1. The molecule has 1 heterocycles. The molecule has 0 N–H and O–H groups in total. The van der Waals surface area contributed by atoms with Crippen molar-refractivity contribution in [1.82, 2.24) is 4.90 Å². The summed E-state index contributed by atoms with van der Waals surface area (Å²) in [6, 6.07) is 4.33. The second kappa shape index (κ2) is 5.57. The lowest BCUT2D eigenvalue weighted by Gasteiger charge is -2.34. The van der Waals surface area contributed by atoms with Crippen molar-refractivity contribution >= 4 is 33.4 Å². The minimum atomic E-state index is -0.550. The van der Waals surface area contributed by atoms with Crippen LogP contribution in [0.1, 0.15) is 23.7 Å². The van der Waals surface area contributed by atoms with Crippen LogP contribution in [0.15, 0.2) is 18.2 Å². The Bertz CT molecular complexity index is 468. The molecule has 0 bridgehead atoms. The summed E-state index contributed by atoms with van der Waals surface area (Å²) < 4.78 is 13.3. The molecule has 1 aromatic carbocycles. The zero-order chi connectivity index (χ0) is 13.3. The molecule has 1 fully saturated rings. The Labute approximate surface area is 119 Å². The molecule has 0 saturated carbocycles. The molecule has 2 rings (SSSR count). The predicted molar refractivity (Wildman–Crippen MR) is 73.8 cm³/mol. The zero-order valence-electron chi connectivity index (χ0n) is 10.00. The monoisotopic (exact) mass is 333 g/mol. The van der Waals surface area contributed by atoms with Crippen molar-refractivity contribution in [3.63, 3.8) is 0 Å². The van der Waals surface area contributed by atoms with E-state index in [0.29, 0.717) is 23.8 Å². The number of piperidine rings is 1. The lowest BCUT2D eigenvalue weighted by Crippen LogP contribution is -2.43. The van der Waals surface area contributed by atoms with Gasteiger partial charge in [-0.2, -0.15) is 0 Å². The van der Waals surface area contributed by atoms with E-state index in [1.54, 1.807) is 11.0 Å². The van der Waals surface area contributed by atoms with Crippen LogP contribution in [0.25, 0.3) is 0 Å². The molecule has 1 aromatic rings. The highest BCUT2D eigenvalue weighted by Gasteiger charge is 2.28. The molecule has 98 valence electrons. The van der Waals surface area contributed by atoms with E-state index in [9.17, 15) is 9.18 Å². The van der Waals surface area contributed by atoms with Crippen molar-refractivity contribution in [2.45, 2.75) is 18.2 Å². The van der Waals surface area contributed by atoms with Crippen molar-refractivity contribution in [1.29, 1.82) is 0 Å². The molecule has 5 heteroatoms. The molecule has 2 nitrogen and oxygen atoms in total. The molecule has 0 aliphatic carbocycles. The van der Waals surface area contributed by atoms with E-state index in [0.717, 1.165) is 6.42 Å². The van der Waals surface area contributed by atoms with E-state index >= 15 is 0 Å². The molecule has 0 aromatic heterocycles. The van der Waals surface area contributed by atoms with Gasteiger partial charge in [0.1, 0.15) is 5.82 Å². The number of carbonyl (C=O) groups excluding carboxylic acids is 1. The molecule has 1 saturated heterocycles. The van der Waals surface area contributed by atoms with E-state index in [-0.39, 0.29) is 16.5 Å². The Hall–Kier alpha value is -0.610.